The number of aryl methyl sites for hydroxylation is 1. The predicted octanol–water partition coefficient (Wildman–Crippen LogP) is 2.62. The van der Waals surface area contributed by atoms with Crippen molar-refractivity contribution in [2.24, 2.45) is 0 Å². The van der Waals surface area contributed by atoms with E-state index in [2.05, 4.69) is 17.1 Å². The van der Waals surface area contributed by atoms with Gasteiger partial charge in [-0.05, 0) is 24.6 Å². The maximum absolute atomic E-state index is 5.61. The van der Waals surface area contributed by atoms with E-state index in [0.717, 1.165) is 17.1 Å². The molecule has 2 rings (SSSR count). The summed E-state index contributed by atoms with van der Waals surface area (Å²) in [6, 6.07) is 7.99. The Kier molecular flexibility index (Phi) is 2.50. The van der Waals surface area contributed by atoms with Gasteiger partial charge in [0.1, 0.15) is 0 Å². The first-order valence-corrected chi connectivity index (χ1v) is 5.31. The van der Waals surface area contributed by atoms with Crippen LogP contribution in [0.25, 0.3) is 0 Å². The van der Waals surface area contributed by atoms with Crippen molar-refractivity contribution in [3.63, 3.8) is 0 Å². The van der Waals surface area contributed by atoms with Crippen molar-refractivity contribution >= 4 is 17.0 Å². The monoisotopic (exact) mass is 204 g/mol. The summed E-state index contributed by atoms with van der Waals surface area (Å²) in [6.45, 7) is 2.02. The molecule has 0 spiro atoms. The smallest absolute Gasteiger partial charge is 0.0896 e. The SMILES string of the molecule is Cc1ncc(Cc2ccc(N)cc2)s1. The van der Waals surface area contributed by atoms with Crippen molar-refractivity contribution in [1.29, 1.82) is 0 Å². The van der Waals surface area contributed by atoms with Gasteiger partial charge in [-0.25, -0.2) is 4.98 Å². The summed E-state index contributed by atoms with van der Waals surface area (Å²) in [5, 5.41) is 1.12. The van der Waals surface area contributed by atoms with Crippen LogP contribution in [-0.4, -0.2) is 4.98 Å². The second kappa shape index (κ2) is 3.80. The lowest BCUT2D eigenvalue weighted by Gasteiger charge is -1.98. The first-order valence-electron chi connectivity index (χ1n) is 4.50. The second-order valence-corrected chi connectivity index (χ2v) is 4.58. The van der Waals surface area contributed by atoms with Crippen LogP contribution in [0.3, 0.4) is 0 Å². The van der Waals surface area contributed by atoms with Crippen molar-refractivity contribution in [2.45, 2.75) is 13.3 Å². The topological polar surface area (TPSA) is 38.9 Å². The summed E-state index contributed by atoms with van der Waals surface area (Å²) in [5.41, 5.74) is 7.71. The standard InChI is InChI=1S/C11H12N2S/c1-8-13-7-11(14-8)6-9-2-4-10(12)5-3-9/h2-5,7H,6,12H2,1H3. The molecule has 0 atom stereocenters. The van der Waals surface area contributed by atoms with E-state index >= 15 is 0 Å². The van der Waals surface area contributed by atoms with Crippen LogP contribution in [0.4, 0.5) is 5.69 Å². The van der Waals surface area contributed by atoms with Crippen LogP contribution in [0, 0.1) is 6.92 Å². The number of benzene rings is 1. The van der Waals surface area contributed by atoms with E-state index in [4.69, 9.17) is 5.73 Å². The van der Waals surface area contributed by atoms with Gasteiger partial charge < -0.3 is 5.73 Å². The van der Waals surface area contributed by atoms with Gasteiger partial charge in [0.15, 0.2) is 0 Å². The first kappa shape index (κ1) is 9.21. The summed E-state index contributed by atoms with van der Waals surface area (Å²) in [6.07, 6.45) is 2.89. The third-order valence-electron chi connectivity index (χ3n) is 2.03. The van der Waals surface area contributed by atoms with Gasteiger partial charge in [0.25, 0.3) is 0 Å². The molecule has 3 heteroatoms. The Hall–Kier alpha value is -1.35. The third kappa shape index (κ3) is 2.12. The number of anilines is 1. The largest absolute Gasteiger partial charge is 0.399 e. The van der Waals surface area contributed by atoms with Crippen molar-refractivity contribution in [1.82, 2.24) is 4.98 Å². The molecule has 0 aliphatic rings. The average molecular weight is 204 g/mol. The van der Waals surface area contributed by atoms with Gasteiger partial charge in [0, 0.05) is 23.2 Å². The van der Waals surface area contributed by atoms with Crippen LogP contribution in [-0.2, 0) is 6.42 Å². The molecule has 1 heterocycles. The minimum absolute atomic E-state index is 0.814. The Morgan fingerprint density at radius 1 is 1.29 bits per heavy atom. The molecule has 0 aliphatic heterocycles. The molecule has 0 saturated carbocycles. The Bertz CT molecular complexity index is 417. The zero-order valence-corrected chi connectivity index (χ0v) is 8.84. The Balaban J connectivity index is 2.15. The molecule has 14 heavy (non-hydrogen) atoms. The molecule has 0 radical (unpaired) electrons. The molecular weight excluding hydrogens is 192 g/mol. The van der Waals surface area contributed by atoms with Crippen LogP contribution in [0.5, 0.6) is 0 Å². The fourth-order valence-corrected chi connectivity index (χ4v) is 2.15. The summed E-state index contributed by atoms with van der Waals surface area (Å²) >= 11 is 1.74. The first-order chi connectivity index (χ1) is 6.74. The molecule has 0 fully saturated rings. The summed E-state index contributed by atoms with van der Waals surface area (Å²) < 4.78 is 0. The van der Waals surface area contributed by atoms with E-state index in [1.54, 1.807) is 11.3 Å². The minimum Gasteiger partial charge on any atom is -0.399 e. The van der Waals surface area contributed by atoms with Crippen LogP contribution in [0.1, 0.15) is 15.4 Å². The van der Waals surface area contributed by atoms with E-state index in [0.29, 0.717) is 0 Å². The lowest BCUT2D eigenvalue weighted by Crippen LogP contribution is -1.87. The molecule has 1 aromatic heterocycles. The Morgan fingerprint density at radius 3 is 2.57 bits per heavy atom. The highest BCUT2D eigenvalue weighted by molar-refractivity contribution is 7.11. The van der Waals surface area contributed by atoms with Crippen molar-refractivity contribution in [2.75, 3.05) is 5.73 Å². The zero-order valence-electron chi connectivity index (χ0n) is 8.03. The maximum atomic E-state index is 5.61. The van der Waals surface area contributed by atoms with Crippen LogP contribution >= 0.6 is 11.3 Å². The number of nitrogens with zero attached hydrogens (tertiary/aromatic N) is 1. The number of thiazole rings is 1. The number of rotatable bonds is 2. The van der Waals surface area contributed by atoms with Gasteiger partial charge >= 0.3 is 0 Å². The molecule has 0 unspecified atom stereocenters. The maximum Gasteiger partial charge on any atom is 0.0896 e. The molecular formula is C11H12N2S. The van der Waals surface area contributed by atoms with Gasteiger partial charge in [-0.3, -0.25) is 0 Å². The quantitative estimate of drug-likeness (QED) is 0.764. The lowest BCUT2D eigenvalue weighted by atomic mass is 10.1. The normalized spacial score (nSPS) is 10.4. The van der Waals surface area contributed by atoms with Crippen molar-refractivity contribution in [3.05, 3.63) is 45.9 Å². The number of nitrogens with two attached hydrogens (primary N) is 1. The van der Waals surface area contributed by atoms with Gasteiger partial charge in [-0.15, -0.1) is 11.3 Å². The predicted molar refractivity (Wildman–Crippen MR) is 60.5 cm³/mol. The third-order valence-corrected chi connectivity index (χ3v) is 2.94. The summed E-state index contributed by atoms with van der Waals surface area (Å²) in [7, 11) is 0. The van der Waals surface area contributed by atoms with Crippen molar-refractivity contribution < 1.29 is 0 Å². The highest BCUT2D eigenvalue weighted by Gasteiger charge is 1.99. The fraction of sp³-hybridized carbons (Fsp3) is 0.182. The Labute approximate surface area is 87.4 Å². The highest BCUT2D eigenvalue weighted by atomic mass is 32.1. The molecule has 0 saturated heterocycles. The van der Waals surface area contributed by atoms with E-state index in [1.165, 1.54) is 10.4 Å². The van der Waals surface area contributed by atoms with Crippen LogP contribution in [0.2, 0.25) is 0 Å². The number of hydrogen-bond acceptors (Lipinski definition) is 3. The van der Waals surface area contributed by atoms with E-state index < -0.39 is 0 Å². The number of nitrogen functional groups attached to an aromatic ring is 1. The number of aromatic nitrogens is 1. The second-order valence-electron chi connectivity index (χ2n) is 3.26. The summed E-state index contributed by atoms with van der Waals surface area (Å²) in [4.78, 5) is 5.52. The van der Waals surface area contributed by atoms with E-state index in [-0.39, 0.29) is 0 Å². The van der Waals surface area contributed by atoms with Gasteiger partial charge in [-0.1, -0.05) is 12.1 Å². The number of hydrogen-bond donors (Lipinski definition) is 1. The van der Waals surface area contributed by atoms with Crippen LogP contribution in [0.15, 0.2) is 30.5 Å². The Morgan fingerprint density at radius 2 is 2.00 bits per heavy atom. The molecule has 2 N–H and O–H groups in total. The van der Waals surface area contributed by atoms with Gasteiger partial charge in [-0.2, -0.15) is 0 Å². The van der Waals surface area contributed by atoms with Crippen molar-refractivity contribution in [3.8, 4) is 0 Å². The van der Waals surface area contributed by atoms with E-state index in [9.17, 15) is 0 Å². The fourth-order valence-electron chi connectivity index (χ4n) is 1.32. The molecule has 2 nitrogen and oxygen atoms in total. The van der Waals surface area contributed by atoms with Gasteiger partial charge in [0.05, 0.1) is 5.01 Å². The zero-order chi connectivity index (χ0) is 9.97. The molecule has 2 aromatic rings. The van der Waals surface area contributed by atoms with E-state index in [1.807, 2.05) is 25.3 Å². The minimum atomic E-state index is 0.814. The lowest BCUT2D eigenvalue weighted by molar-refractivity contribution is 1.20. The molecule has 0 amide bonds. The van der Waals surface area contributed by atoms with Crippen LogP contribution < -0.4 is 5.73 Å². The molecule has 0 aliphatic carbocycles. The van der Waals surface area contributed by atoms with Gasteiger partial charge in [0.2, 0.25) is 0 Å². The molecule has 72 valence electrons. The average Bonchev–Trinajstić information content (AvgIpc) is 2.56. The highest BCUT2D eigenvalue weighted by Crippen LogP contribution is 2.17. The molecule has 0 bridgehead atoms. The summed E-state index contributed by atoms with van der Waals surface area (Å²) in [5.74, 6) is 0. The molecule has 1 aromatic carbocycles.